The highest BCUT2D eigenvalue weighted by Crippen LogP contribution is 2.44. The maximum Gasteiger partial charge on any atom is 0.416 e. The summed E-state index contributed by atoms with van der Waals surface area (Å²) in [4.78, 5) is 4.51. The van der Waals surface area contributed by atoms with E-state index in [-0.39, 0.29) is 30.7 Å². The lowest BCUT2D eigenvalue weighted by molar-refractivity contribution is -0.137. The van der Waals surface area contributed by atoms with Crippen molar-refractivity contribution in [1.29, 1.82) is 0 Å². The Morgan fingerprint density at radius 3 is 2.23 bits per heavy atom. The molecule has 1 saturated heterocycles. The molecule has 1 aliphatic heterocycles. The van der Waals surface area contributed by atoms with E-state index in [0.717, 1.165) is 38.7 Å². The Bertz CT molecular complexity index is 574. The van der Waals surface area contributed by atoms with E-state index in [0.29, 0.717) is 24.9 Å². The highest BCUT2D eigenvalue weighted by Gasteiger charge is 2.44. The van der Waals surface area contributed by atoms with Gasteiger partial charge in [-0.15, -0.1) is 24.8 Å². The maximum absolute atomic E-state index is 13.0. The zero-order valence-electron chi connectivity index (χ0n) is 14.8. The number of hydrogen-bond donors (Lipinski definition) is 1. The van der Waals surface area contributed by atoms with Gasteiger partial charge in [-0.2, -0.15) is 13.2 Å². The van der Waals surface area contributed by atoms with Crippen molar-refractivity contribution in [3.05, 3.63) is 35.4 Å². The number of nitrogens with zero attached hydrogens (tertiary/aromatic N) is 2. The molecule has 3 nitrogen and oxygen atoms in total. The van der Waals surface area contributed by atoms with E-state index >= 15 is 0 Å². The van der Waals surface area contributed by atoms with Crippen molar-refractivity contribution in [2.45, 2.75) is 37.0 Å². The average Bonchev–Trinajstić information content (AvgIpc) is 2.51. The second-order valence-electron chi connectivity index (χ2n) is 7.24. The SMILES string of the molecule is CN1CCN(CC(c2cccc(C(F)(F)F)c2)C2(O)CCC2)CC1.Cl.Cl. The van der Waals surface area contributed by atoms with Crippen molar-refractivity contribution in [3.8, 4) is 0 Å². The molecule has 0 bridgehead atoms. The van der Waals surface area contributed by atoms with Gasteiger partial charge in [-0.25, -0.2) is 0 Å². The normalized spacial score (nSPS) is 21.9. The number of aliphatic hydroxyl groups is 1. The summed E-state index contributed by atoms with van der Waals surface area (Å²) < 4.78 is 39.1. The third kappa shape index (κ3) is 5.26. The first-order chi connectivity index (χ1) is 11.3. The topological polar surface area (TPSA) is 26.7 Å². The molecular formula is C18H27Cl2F3N2O. The quantitative estimate of drug-likeness (QED) is 0.811. The number of benzene rings is 1. The number of piperazine rings is 1. The lowest BCUT2D eigenvalue weighted by atomic mass is 9.68. The summed E-state index contributed by atoms with van der Waals surface area (Å²) >= 11 is 0. The molecule has 0 aromatic heterocycles. The van der Waals surface area contributed by atoms with Crippen LogP contribution in [0.1, 0.15) is 36.3 Å². The summed E-state index contributed by atoms with van der Waals surface area (Å²) in [7, 11) is 2.07. The molecular weight excluding hydrogens is 388 g/mol. The molecule has 150 valence electrons. The monoisotopic (exact) mass is 414 g/mol. The van der Waals surface area contributed by atoms with E-state index in [9.17, 15) is 18.3 Å². The van der Waals surface area contributed by atoms with Crippen LogP contribution < -0.4 is 0 Å². The molecule has 1 aromatic carbocycles. The fraction of sp³-hybridized carbons (Fsp3) is 0.667. The molecule has 0 amide bonds. The first kappa shape index (κ1) is 23.5. The van der Waals surface area contributed by atoms with Gasteiger partial charge in [0.25, 0.3) is 0 Å². The Morgan fingerprint density at radius 2 is 1.73 bits per heavy atom. The highest BCUT2D eigenvalue weighted by molar-refractivity contribution is 5.85. The molecule has 1 unspecified atom stereocenters. The fourth-order valence-electron chi connectivity index (χ4n) is 3.69. The highest BCUT2D eigenvalue weighted by atomic mass is 35.5. The number of alkyl halides is 3. The number of hydrogen-bond acceptors (Lipinski definition) is 3. The molecule has 0 radical (unpaired) electrons. The van der Waals surface area contributed by atoms with Crippen LogP contribution in [0.3, 0.4) is 0 Å². The molecule has 1 heterocycles. The van der Waals surface area contributed by atoms with Crippen LogP contribution in [0.2, 0.25) is 0 Å². The van der Waals surface area contributed by atoms with Crippen molar-refractivity contribution >= 4 is 24.8 Å². The van der Waals surface area contributed by atoms with Crippen molar-refractivity contribution in [2.24, 2.45) is 0 Å². The Morgan fingerprint density at radius 1 is 1.12 bits per heavy atom. The molecule has 1 aromatic rings. The van der Waals surface area contributed by atoms with E-state index in [1.165, 1.54) is 12.1 Å². The van der Waals surface area contributed by atoms with E-state index in [1.54, 1.807) is 6.07 Å². The third-order valence-electron chi connectivity index (χ3n) is 5.52. The van der Waals surface area contributed by atoms with Gasteiger partial charge < -0.3 is 14.9 Å². The van der Waals surface area contributed by atoms with Crippen LogP contribution in [0.15, 0.2) is 24.3 Å². The van der Waals surface area contributed by atoms with Gasteiger partial charge in [-0.1, -0.05) is 18.2 Å². The standard InChI is InChI=1S/C18H25F3N2O.2ClH/c1-22-8-10-23(11-9-22)13-16(17(24)6-3-7-17)14-4-2-5-15(12-14)18(19,20)21;;/h2,4-5,12,16,24H,3,6-11,13H2,1H3;2*1H. The molecule has 0 spiro atoms. The maximum atomic E-state index is 13.0. The third-order valence-corrected chi connectivity index (χ3v) is 5.52. The molecule has 3 rings (SSSR count). The van der Waals surface area contributed by atoms with Crippen molar-refractivity contribution in [2.75, 3.05) is 39.8 Å². The first-order valence-electron chi connectivity index (χ1n) is 8.58. The minimum atomic E-state index is -4.35. The van der Waals surface area contributed by atoms with Crippen LogP contribution in [-0.2, 0) is 6.18 Å². The van der Waals surface area contributed by atoms with Crippen LogP contribution in [0, 0.1) is 0 Å². The van der Waals surface area contributed by atoms with Gasteiger partial charge in [0.15, 0.2) is 0 Å². The second kappa shape index (κ2) is 9.11. The van der Waals surface area contributed by atoms with E-state index in [4.69, 9.17) is 0 Å². The van der Waals surface area contributed by atoms with Gasteiger partial charge in [0, 0.05) is 38.6 Å². The van der Waals surface area contributed by atoms with Crippen molar-refractivity contribution in [3.63, 3.8) is 0 Å². The first-order valence-corrected chi connectivity index (χ1v) is 8.58. The van der Waals surface area contributed by atoms with Crippen LogP contribution in [0.4, 0.5) is 13.2 Å². The number of halogens is 5. The van der Waals surface area contributed by atoms with Gasteiger partial charge in [0.05, 0.1) is 11.2 Å². The molecule has 26 heavy (non-hydrogen) atoms. The molecule has 1 atom stereocenters. The summed E-state index contributed by atoms with van der Waals surface area (Å²) in [6.07, 6.45) is -2.07. The Balaban J connectivity index is 0.00000169. The lowest BCUT2D eigenvalue weighted by Crippen LogP contribution is -2.51. The van der Waals surface area contributed by atoms with Crippen LogP contribution in [0.5, 0.6) is 0 Å². The summed E-state index contributed by atoms with van der Waals surface area (Å²) in [6, 6.07) is 5.50. The lowest BCUT2D eigenvalue weighted by Gasteiger charge is -2.46. The zero-order valence-corrected chi connectivity index (χ0v) is 16.5. The summed E-state index contributed by atoms with van der Waals surface area (Å²) in [5.41, 5.74) is -0.898. The van der Waals surface area contributed by atoms with Crippen LogP contribution >= 0.6 is 24.8 Å². The second-order valence-corrected chi connectivity index (χ2v) is 7.24. The van der Waals surface area contributed by atoms with Gasteiger partial charge in [0.2, 0.25) is 0 Å². The molecule has 8 heteroatoms. The zero-order chi connectivity index (χ0) is 17.4. The smallest absolute Gasteiger partial charge is 0.389 e. The van der Waals surface area contributed by atoms with Gasteiger partial charge in [0.1, 0.15) is 0 Å². The summed E-state index contributed by atoms with van der Waals surface area (Å²) in [5, 5.41) is 10.9. The predicted octanol–water partition coefficient (Wildman–Crippen LogP) is 3.80. The minimum Gasteiger partial charge on any atom is -0.389 e. The van der Waals surface area contributed by atoms with Crippen molar-refractivity contribution < 1.29 is 18.3 Å². The van der Waals surface area contributed by atoms with Gasteiger partial charge in [-0.05, 0) is 37.9 Å². The molecule has 1 saturated carbocycles. The number of rotatable bonds is 4. The molecule has 2 aliphatic rings. The van der Waals surface area contributed by atoms with E-state index in [1.807, 2.05) is 0 Å². The summed E-state index contributed by atoms with van der Waals surface area (Å²) in [6.45, 7) is 4.30. The number of likely N-dealkylation sites (N-methyl/N-ethyl adjacent to an activating group) is 1. The van der Waals surface area contributed by atoms with Crippen molar-refractivity contribution in [1.82, 2.24) is 9.80 Å². The fourth-order valence-corrected chi connectivity index (χ4v) is 3.69. The summed E-state index contributed by atoms with van der Waals surface area (Å²) in [5.74, 6) is -0.267. The van der Waals surface area contributed by atoms with Gasteiger partial charge >= 0.3 is 6.18 Å². The van der Waals surface area contributed by atoms with Crippen LogP contribution in [0.25, 0.3) is 0 Å². The molecule has 1 N–H and O–H groups in total. The Labute approximate surface area is 165 Å². The largest absolute Gasteiger partial charge is 0.416 e. The molecule has 1 aliphatic carbocycles. The van der Waals surface area contributed by atoms with Crippen LogP contribution in [-0.4, -0.2) is 60.3 Å². The Kier molecular flexibility index (Phi) is 8.24. The van der Waals surface area contributed by atoms with E-state index < -0.39 is 17.3 Å². The predicted molar refractivity (Wildman–Crippen MR) is 101 cm³/mol. The average molecular weight is 415 g/mol. The van der Waals surface area contributed by atoms with E-state index in [2.05, 4.69) is 16.8 Å². The van der Waals surface area contributed by atoms with Gasteiger partial charge in [-0.3, -0.25) is 0 Å². The Hall–Kier alpha value is -0.530. The molecule has 2 fully saturated rings. The minimum absolute atomic E-state index is 0.